The molecule has 2 aromatic rings. The predicted octanol–water partition coefficient (Wildman–Crippen LogP) is 4.25. The third-order valence-corrected chi connectivity index (χ3v) is 5.88. The number of halogens is 3. The van der Waals surface area contributed by atoms with Crippen LogP contribution in [0.15, 0.2) is 47.4 Å². The van der Waals surface area contributed by atoms with Gasteiger partial charge in [-0.1, -0.05) is 12.1 Å². The van der Waals surface area contributed by atoms with Crippen LogP contribution in [-0.4, -0.2) is 43.7 Å². The van der Waals surface area contributed by atoms with Gasteiger partial charge in [0.25, 0.3) is 0 Å². The number of anilines is 1. The zero-order valence-electron chi connectivity index (χ0n) is 16.6. The first-order valence-corrected chi connectivity index (χ1v) is 10.3. The fraction of sp³-hybridized carbons (Fsp3) is 0.333. The molecule has 1 aliphatic rings. The van der Waals surface area contributed by atoms with Crippen molar-refractivity contribution in [2.75, 3.05) is 32.3 Å². The Morgan fingerprint density at radius 1 is 1.23 bits per heavy atom. The largest absolute Gasteiger partial charge is 0.497 e. The van der Waals surface area contributed by atoms with Crippen LogP contribution >= 0.6 is 11.8 Å². The number of nitrogens with zero attached hydrogens (tertiary/aromatic N) is 1. The first-order chi connectivity index (χ1) is 14.2. The van der Waals surface area contributed by atoms with Crippen LogP contribution in [0.25, 0.3) is 0 Å². The molecule has 2 atom stereocenters. The minimum absolute atomic E-state index is 0.0220. The molecular formula is C21H21F3N2O3S. The molecule has 1 fully saturated rings. The van der Waals surface area contributed by atoms with Crippen molar-refractivity contribution in [3.8, 4) is 5.75 Å². The van der Waals surface area contributed by atoms with E-state index in [4.69, 9.17) is 4.74 Å². The van der Waals surface area contributed by atoms with Crippen LogP contribution in [0.5, 0.6) is 5.75 Å². The number of amides is 2. The molecular weight excluding hydrogens is 417 g/mol. The lowest BCUT2D eigenvalue weighted by atomic mass is 9.86. The smallest absolute Gasteiger partial charge is 0.416 e. The Bertz CT molecular complexity index is 965. The number of nitrogens with one attached hydrogen (secondary N) is 1. The van der Waals surface area contributed by atoms with E-state index in [-0.39, 0.29) is 17.9 Å². The molecule has 30 heavy (non-hydrogen) atoms. The van der Waals surface area contributed by atoms with Gasteiger partial charge in [-0.05, 0) is 42.2 Å². The summed E-state index contributed by atoms with van der Waals surface area (Å²) in [6.07, 6.45) is -2.72. The monoisotopic (exact) mass is 438 g/mol. The summed E-state index contributed by atoms with van der Waals surface area (Å²) in [5, 5.41) is 2.77. The zero-order chi connectivity index (χ0) is 22.1. The number of ether oxygens (including phenoxy) is 1. The summed E-state index contributed by atoms with van der Waals surface area (Å²) >= 11 is 1.44. The molecule has 9 heteroatoms. The molecule has 0 spiro atoms. The maximum Gasteiger partial charge on any atom is 0.416 e. The van der Waals surface area contributed by atoms with Crippen molar-refractivity contribution in [1.82, 2.24) is 4.90 Å². The number of hydrogen-bond donors (Lipinski definition) is 1. The van der Waals surface area contributed by atoms with E-state index >= 15 is 0 Å². The molecule has 0 radical (unpaired) electrons. The van der Waals surface area contributed by atoms with Crippen molar-refractivity contribution in [2.24, 2.45) is 5.92 Å². The number of alkyl halides is 3. The Morgan fingerprint density at radius 3 is 2.57 bits per heavy atom. The van der Waals surface area contributed by atoms with E-state index in [0.717, 1.165) is 17.0 Å². The highest BCUT2D eigenvalue weighted by Gasteiger charge is 2.45. The van der Waals surface area contributed by atoms with E-state index in [0.29, 0.717) is 5.69 Å². The summed E-state index contributed by atoms with van der Waals surface area (Å²) in [7, 11) is 2.80. The highest BCUT2D eigenvalue weighted by atomic mass is 32.2. The lowest BCUT2D eigenvalue weighted by Gasteiger charge is -2.20. The highest BCUT2D eigenvalue weighted by Crippen LogP contribution is 2.39. The number of carbonyl (C=O) groups excluding carboxylic acids is 2. The molecule has 0 saturated carbocycles. The van der Waals surface area contributed by atoms with E-state index < -0.39 is 35.4 Å². The molecule has 160 valence electrons. The molecule has 0 aliphatic carbocycles. The lowest BCUT2D eigenvalue weighted by molar-refractivity contribution is -0.137. The van der Waals surface area contributed by atoms with Gasteiger partial charge in [0, 0.05) is 24.4 Å². The second-order valence-electron chi connectivity index (χ2n) is 6.99. The highest BCUT2D eigenvalue weighted by molar-refractivity contribution is 7.98. The minimum Gasteiger partial charge on any atom is -0.497 e. The van der Waals surface area contributed by atoms with Gasteiger partial charge >= 0.3 is 6.18 Å². The number of rotatable bonds is 5. The molecule has 3 rings (SSSR count). The summed E-state index contributed by atoms with van der Waals surface area (Å²) < 4.78 is 45.0. The first kappa shape index (κ1) is 22.0. The molecule has 0 aromatic heterocycles. The standard InChI is InChI=1S/C21H21F3N2O3S/c1-26-11-15(12-8-13(21(22,23)24)10-14(9-12)29-2)18(20(26)28)19(27)25-16-6-4-5-7-17(16)30-3/h4-10,15,18H,11H2,1-3H3,(H,25,27)/t15-,18+/m1/s1. The number of para-hydroxylation sites is 1. The van der Waals surface area contributed by atoms with Crippen molar-refractivity contribution in [3.05, 3.63) is 53.6 Å². The van der Waals surface area contributed by atoms with Crippen molar-refractivity contribution in [3.63, 3.8) is 0 Å². The summed E-state index contributed by atoms with van der Waals surface area (Å²) in [5.74, 6) is -2.84. The molecule has 0 unspecified atom stereocenters. The number of methoxy groups -OCH3 is 1. The Kier molecular flexibility index (Phi) is 6.30. The minimum atomic E-state index is -4.58. The van der Waals surface area contributed by atoms with Crippen LogP contribution in [0.1, 0.15) is 17.0 Å². The van der Waals surface area contributed by atoms with Gasteiger partial charge in [0.05, 0.1) is 18.4 Å². The molecule has 5 nitrogen and oxygen atoms in total. The third kappa shape index (κ3) is 4.40. The van der Waals surface area contributed by atoms with Gasteiger partial charge in [0.2, 0.25) is 11.8 Å². The van der Waals surface area contributed by atoms with Gasteiger partial charge in [-0.2, -0.15) is 13.2 Å². The molecule has 1 saturated heterocycles. The topological polar surface area (TPSA) is 58.6 Å². The van der Waals surface area contributed by atoms with Crippen LogP contribution in [0.2, 0.25) is 0 Å². The van der Waals surface area contributed by atoms with Gasteiger partial charge in [0.15, 0.2) is 0 Å². The van der Waals surface area contributed by atoms with Gasteiger partial charge in [-0.3, -0.25) is 9.59 Å². The molecule has 2 amide bonds. The van der Waals surface area contributed by atoms with Gasteiger partial charge in [-0.25, -0.2) is 0 Å². The quantitative estimate of drug-likeness (QED) is 0.560. The average molecular weight is 438 g/mol. The van der Waals surface area contributed by atoms with Gasteiger partial charge in [-0.15, -0.1) is 11.8 Å². The average Bonchev–Trinajstić information content (AvgIpc) is 3.02. The Hall–Kier alpha value is -2.68. The first-order valence-electron chi connectivity index (χ1n) is 9.10. The van der Waals surface area contributed by atoms with Crippen molar-refractivity contribution < 1.29 is 27.5 Å². The third-order valence-electron chi connectivity index (χ3n) is 5.08. The molecule has 0 bridgehead atoms. The van der Waals surface area contributed by atoms with E-state index in [1.807, 2.05) is 18.4 Å². The number of carbonyl (C=O) groups is 2. The summed E-state index contributed by atoms with van der Waals surface area (Å²) in [6, 6.07) is 10.5. The maximum absolute atomic E-state index is 13.3. The molecule has 1 aliphatic heterocycles. The van der Waals surface area contributed by atoms with Gasteiger partial charge < -0.3 is 15.0 Å². The van der Waals surface area contributed by atoms with E-state index in [1.54, 1.807) is 12.1 Å². The second kappa shape index (κ2) is 8.59. The van der Waals surface area contributed by atoms with Crippen LogP contribution < -0.4 is 10.1 Å². The zero-order valence-corrected chi connectivity index (χ0v) is 17.4. The van der Waals surface area contributed by atoms with E-state index in [2.05, 4.69) is 5.32 Å². The fourth-order valence-electron chi connectivity index (χ4n) is 3.57. The molecule has 2 aromatic carbocycles. The number of likely N-dealkylation sites (tertiary alicyclic amines) is 1. The predicted molar refractivity (Wildman–Crippen MR) is 109 cm³/mol. The van der Waals surface area contributed by atoms with E-state index in [9.17, 15) is 22.8 Å². The van der Waals surface area contributed by atoms with Crippen LogP contribution in [0.3, 0.4) is 0 Å². The Labute approximate surface area is 176 Å². The number of benzene rings is 2. The Balaban J connectivity index is 1.98. The number of thioether (sulfide) groups is 1. The SMILES string of the molecule is COc1cc([C@H]2CN(C)C(=O)[C@@H]2C(=O)Nc2ccccc2SC)cc(C(F)(F)F)c1. The molecule has 1 heterocycles. The fourth-order valence-corrected chi connectivity index (χ4v) is 4.12. The Morgan fingerprint density at radius 2 is 1.93 bits per heavy atom. The second-order valence-corrected chi connectivity index (χ2v) is 7.83. The normalized spacial score (nSPS) is 19.1. The molecule has 1 N–H and O–H groups in total. The van der Waals surface area contributed by atoms with Crippen LogP contribution in [0, 0.1) is 5.92 Å². The maximum atomic E-state index is 13.3. The lowest BCUT2D eigenvalue weighted by Crippen LogP contribution is -2.32. The van der Waals surface area contributed by atoms with Crippen molar-refractivity contribution in [2.45, 2.75) is 17.0 Å². The van der Waals surface area contributed by atoms with Crippen LogP contribution in [0.4, 0.5) is 18.9 Å². The van der Waals surface area contributed by atoms with E-state index in [1.165, 1.54) is 36.9 Å². The van der Waals surface area contributed by atoms with Crippen molar-refractivity contribution >= 4 is 29.3 Å². The summed E-state index contributed by atoms with van der Waals surface area (Å²) in [5.41, 5.74) is -0.0962. The summed E-state index contributed by atoms with van der Waals surface area (Å²) in [6.45, 7) is 0.131. The summed E-state index contributed by atoms with van der Waals surface area (Å²) in [4.78, 5) is 27.9. The number of likely N-dealkylation sites (N-methyl/N-ethyl adjacent to an activating group) is 1. The van der Waals surface area contributed by atoms with Gasteiger partial charge in [0.1, 0.15) is 11.7 Å². The number of hydrogen-bond acceptors (Lipinski definition) is 4. The van der Waals surface area contributed by atoms with Crippen LogP contribution in [-0.2, 0) is 15.8 Å². The van der Waals surface area contributed by atoms with Crippen molar-refractivity contribution in [1.29, 1.82) is 0 Å².